The highest BCUT2D eigenvalue weighted by Crippen LogP contribution is 2.30. The van der Waals surface area contributed by atoms with Crippen molar-refractivity contribution in [3.63, 3.8) is 0 Å². The minimum atomic E-state index is -1.60. The number of aliphatic hydroxyl groups is 3. The van der Waals surface area contributed by atoms with Crippen molar-refractivity contribution in [2.24, 2.45) is 5.92 Å². The fraction of sp³-hybridized carbons (Fsp3) is 1.00. The predicted octanol–water partition coefficient (Wildman–Crippen LogP) is -0.150. The molecule has 10 heavy (non-hydrogen) atoms. The Bertz CT molecular complexity index is 111. The minimum Gasteiger partial charge on any atom is -0.396 e. The fourth-order valence-corrected chi connectivity index (χ4v) is 1.45. The molecule has 1 unspecified atom stereocenters. The number of rotatable bonds is 1. The van der Waals surface area contributed by atoms with E-state index in [1.165, 1.54) is 0 Å². The van der Waals surface area contributed by atoms with Crippen LogP contribution in [0.15, 0.2) is 0 Å². The van der Waals surface area contributed by atoms with Crippen molar-refractivity contribution in [1.29, 1.82) is 0 Å². The van der Waals surface area contributed by atoms with E-state index < -0.39 is 5.79 Å². The van der Waals surface area contributed by atoms with Gasteiger partial charge in [-0.3, -0.25) is 0 Å². The topological polar surface area (TPSA) is 60.7 Å². The zero-order valence-electron chi connectivity index (χ0n) is 5.95. The molecule has 0 amide bonds. The smallest absolute Gasteiger partial charge is 0.167 e. The van der Waals surface area contributed by atoms with Crippen LogP contribution in [0.1, 0.15) is 25.7 Å². The first-order valence-corrected chi connectivity index (χ1v) is 3.72. The molecule has 0 spiro atoms. The molecule has 0 radical (unpaired) electrons. The second kappa shape index (κ2) is 2.86. The zero-order valence-corrected chi connectivity index (χ0v) is 5.95. The minimum absolute atomic E-state index is 0.118. The molecule has 0 aromatic carbocycles. The standard InChI is InChI=1S/C7H14O3/c8-5-6-3-1-2-4-7(6,9)10/h6,8-10H,1-5H2. The van der Waals surface area contributed by atoms with Gasteiger partial charge in [0.1, 0.15) is 0 Å². The first-order chi connectivity index (χ1) is 4.67. The van der Waals surface area contributed by atoms with Crippen LogP contribution in [-0.4, -0.2) is 27.7 Å². The van der Waals surface area contributed by atoms with Gasteiger partial charge in [-0.1, -0.05) is 6.42 Å². The summed E-state index contributed by atoms with van der Waals surface area (Å²) in [6.45, 7) is -0.118. The van der Waals surface area contributed by atoms with Crippen molar-refractivity contribution >= 4 is 0 Å². The third kappa shape index (κ3) is 1.48. The van der Waals surface area contributed by atoms with Crippen molar-refractivity contribution in [1.82, 2.24) is 0 Å². The van der Waals surface area contributed by atoms with Crippen LogP contribution in [0, 0.1) is 5.92 Å². The lowest BCUT2D eigenvalue weighted by Gasteiger charge is -2.33. The number of hydrogen-bond acceptors (Lipinski definition) is 3. The fourth-order valence-electron chi connectivity index (χ4n) is 1.45. The second-order valence-corrected chi connectivity index (χ2v) is 3.00. The maximum atomic E-state index is 9.23. The quantitative estimate of drug-likeness (QED) is 0.451. The third-order valence-electron chi connectivity index (χ3n) is 2.22. The molecular weight excluding hydrogens is 132 g/mol. The molecular formula is C7H14O3. The molecule has 0 aliphatic heterocycles. The van der Waals surface area contributed by atoms with Gasteiger partial charge >= 0.3 is 0 Å². The Balaban J connectivity index is 2.51. The van der Waals surface area contributed by atoms with Crippen molar-refractivity contribution < 1.29 is 15.3 Å². The lowest BCUT2D eigenvalue weighted by molar-refractivity contribution is -0.223. The van der Waals surface area contributed by atoms with Gasteiger partial charge in [0.2, 0.25) is 0 Å². The molecule has 1 atom stereocenters. The monoisotopic (exact) mass is 146 g/mol. The Morgan fingerprint density at radius 1 is 1.30 bits per heavy atom. The van der Waals surface area contributed by atoms with E-state index in [4.69, 9.17) is 5.11 Å². The van der Waals surface area contributed by atoms with Crippen LogP contribution in [0.2, 0.25) is 0 Å². The Hall–Kier alpha value is -0.120. The van der Waals surface area contributed by atoms with Crippen molar-refractivity contribution in [3.05, 3.63) is 0 Å². The van der Waals surface area contributed by atoms with Crippen molar-refractivity contribution in [2.45, 2.75) is 31.5 Å². The molecule has 3 nitrogen and oxygen atoms in total. The molecule has 0 aromatic heterocycles. The first-order valence-electron chi connectivity index (χ1n) is 3.72. The average molecular weight is 146 g/mol. The predicted molar refractivity (Wildman–Crippen MR) is 36.2 cm³/mol. The summed E-state index contributed by atoms with van der Waals surface area (Å²) in [6.07, 6.45) is 2.97. The summed E-state index contributed by atoms with van der Waals surface area (Å²) in [5, 5.41) is 27.2. The number of hydrogen-bond donors (Lipinski definition) is 3. The summed E-state index contributed by atoms with van der Waals surface area (Å²) in [6, 6.07) is 0. The first kappa shape index (κ1) is 7.98. The van der Waals surface area contributed by atoms with E-state index in [-0.39, 0.29) is 12.5 Å². The highest BCUT2D eigenvalue weighted by atomic mass is 16.5. The molecule has 0 bridgehead atoms. The highest BCUT2D eigenvalue weighted by Gasteiger charge is 2.35. The molecule has 3 N–H and O–H groups in total. The molecule has 1 fully saturated rings. The summed E-state index contributed by atoms with van der Waals surface area (Å²) in [5.41, 5.74) is 0. The molecule has 1 aliphatic carbocycles. The van der Waals surface area contributed by atoms with Crippen LogP contribution in [0.4, 0.5) is 0 Å². The number of aliphatic hydroxyl groups excluding tert-OH is 1. The molecule has 1 rings (SSSR count). The van der Waals surface area contributed by atoms with Gasteiger partial charge in [0.05, 0.1) is 6.61 Å². The molecule has 60 valence electrons. The average Bonchev–Trinajstić information content (AvgIpc) is 1.87. The van der Waals surface area contributed by atoms with Crippen LogP contribution in [0.5, 0.6) is 0 Å². The lowest BCUT2D eigenvalue weighted by atomic mass is 9.84. The van der Waals surface area contributed by atoms with E-state index in [1.54, 1.807) is 0 Å². The molecule has 0 aromatic rings. The molecule has 0 heterocycles. The maximum absolute atomic E-state index is 9.23. The van der Waals surface area contributed by atoms with Crippen LogP contribution in [0.25, 0.3) is 0 Å². The van der Waals surface area contributed by atoms with Gasteiger partial charge in [-0.25, -0.2) is 0 Å². The Kier molecular flexibility index (Phi) is 2.28. The van der Waals surface area contributed by atoms with E-state index >= 15 is 0 Å². The van der Waals surface area contributed by atoms with Gasteiger partial charge in [-0.2, -0.15) is 0 Å². The summed E-state index contributed by atoms with van der Waals surface area (Å²) in [5.74, 6) is -1.94. The Labute approximate surface area is 60.3 Å². The normalized spacial score (nSPS) is 32.1. The van der Waals surface area contributed by atoms with Gasteiger partial charge in [0.25, 0.3) is 0 Å². The molecule has 1 saturated carbocycles. The van der Waals surface area contributed by atoms with Gasteiger partial charge in [-0.15, -0.1) is 0 Å². The van der Waals surface area contributed by atoms with Gasteiger partial charge in [-0.05, 0) is 12.8 Å². The highest BCUT2D eigenvalue weighted by molar-refractivity contribution is 4.79. The molecule has 3 heteroatoms. The van der Waals surface area contributed by atoms with Crippen LogP contribution < -0.4 is 0 Å². The third-order valence-corrected chi connectivity index (χ3v) is 2.22. The lowest BCUT2D eigenvalue weighted by Crippen LogP contribution is -2.42. The Morgan fingerprint density at radius 2 is 2.00 bits per heavy atom. The summed E-state index contributed by atoms with van der Waals surface area (Å²) in [4.78, 5) is 0. The summed E-state index contributed by atoms with van der Waals surface area (Å²) in [7, 11) is 0. The van der Waals surface area contributed by atoms with Crippen molar-refractivity contribution in [2.75, 3.05) is 6.61 Å². The van der Waals surface area contributed by atoms with Crippen LogP contribution >= 0.6 is 0 Å². The summed E-state index contributed by atoms with van der Waals surface area (Å²) < 4.78 is 0. The van der Waals surface area contributed by atoms with Gasteiger partial charge < -0.3 is 15.3 Å². The second-order valence-electron chi connectivity index (χ2n) is 3.00. The van der Waals surface area contributed by atoms with Crippen LogP contribution in [-0.2, 0) is 0 Å². The largest absolute Gasteiger partial charge is 0.396 e. The van der Waals surface area contributed by atoms with E-state index in [9.17, 15) is 10.2 Å². The maximum Gasteiger partial charge on any atom is 0.167 e. The van der Waals surface area contributed by atoms with E-state index in [1.807, 2.05) is 0 Å². The summed E-state index contributed by atoms with van der Waals surface area (Å²) >= 11 is 0. The van der Waals surface area contributed by atoms with Gasteiger partial charge in [0.15, 0.2) is 5.79 Å². The van der Waals surface area contributed by atoms with Gasteiger partial charge in [0, 0.05) is 12.3 Å². The van der Waals surface area contributed by atoms with E-state index in [2.05, 4.69) is 0 Å². The van der Waals surface area contributed by atoms with Crippen LogP contribution in [0.3, 0.4) is 0 Å². The van der Waals surface area contributed by atoms with Crippen molar-refractivity contribution in [3.8, 4) is 0 Å². The Morgan fingerprint density at radius 3 is 2.40 bits per heavy atom. The SMILES string of the molecule is OCC1CCCCC1(O)O. The van der Waals surface area contributed by atoms with E-state index in [0.717, 1.165) is 19.3 Å². The zero-order chi connectivity index (χ0) is 7.61. The molecule has 1 aliphatic rings. The molecule has 0 saturated heterocycles. The van der Waals surface area contributed by atoms with E-state index in [0.29, 0.717) is 6.42 Å².